The molecule has 31 heavy (non-hydrogen) atoms. The van der Waals surface area contributed by atoms with Crippen LogP contribution in [0, 0.1) is 31.1 Å². The molecule has 1 saturated carbocycles. The maximum absolute atomic E-state index is 13.2. The molecule has 0 bridgehead atoms. The highest BCUT2D eigenvalue weighted by Gasteiger charge is 2.48. The summed E-state index contributed by atoms with van der Waals surface area (Å²) in [7, 11) is 0. The van der Waals surface area contributed by atoms with Crippen molar-refractivity contribution < 1.29 is 14.4 Å². The SMILES string of the molecule is CC#Cc1cc(C)c(C2C(=O)CC3(CCN(C(=O)c4ncns4)CC3)CC2=O)c(C)c1. The maximum Gasteiger partial charge on any atom is 0.284 e. The minimum Gasteiger partial charge on any atom is -0.337 e. The van der Waals surface area contributed by atoms with Crippen LogP contribution in [-0.4, -0.2) is 44.8 Å². The number of carbonyl (C=O) groups is 3. The molecule has 7 heteroatoms. The predicted molar refractivity (Wildman–Crippen MR) is 118 cm³/mol. The quantitative estimate of drug-likeness (QED) is 0.533. The van der Waals surface area contributed by atoms with Gasteiger partial charge in [0.1, 0.15) is 23.8 Å². The molecule has 1 aliphatic heterocycles. The van der Waals surface area contributed by atoms with E-state index < -0.39 is 5.92 Å². The van der Waals surface area contributed by atoms with E-state index in [9.17, 15) is 14.4 Å². The van der Waals surface area contributed by atoms with Gasteiger partial charge in [0.15, 0.2) is 0 Å². The zero-order valence-electron chi connectivity index (χ0n) is 18.0. The zero-order chi connectivity index (χ0) is 22.2. The van der Waals surface area contributed by atoms with Crippen LogP contribution in [0.15, 0.2) is 18.5 Å². The van der Waals surface area contributed by atoms with Crippen LogP contribution in [0.25, 0.3) is 0 Å². The van der Waals surface area contributed by atoms with Crippen LogP contribution in [0.1, 0.15) is 70.6 Å². The van der Waals surface area contributed by atoms with E-state index in [4.69, 9.17) is 0 Å². The summed E-state index contributed by atoms with van der Waals surface area (Å²) < 4.78 is 3.89. The number of carbonyl (C=O) groups excluding carboxylic acids is 3. The van der Waals surface area contributed by atoms with Gasteiger partial charge in [-0.3, -0.25) is 14.4 Å². The van der Waals surface area contributed by atoms with Crippen molar-refractivity contribution in [3.05, 3.63) is 45.7 Å². The average molecular weight is 436 g/mol. The lowest BCUT2D eigenvalue weighted by Gasteiger charge is -2.44. The first-order valence-corrected chi connectivity index (χ1v) is 11.3. The normalized spacial score (nSPS) is 18.7. The monoisotopic (exact) mass is 435 g/mol. The Morgan fingerprint density at radius 2 is 1.74 bits per heavy atom. The summed E-state index contributed by atoms with van der Waals surface area (Å²) in [6.07, 6.45) is 3.47. The molecule has 2 fully saturated rings. The molecule has 0 N–H and O–H groups in total. The zero-order valence-corrected chi connectivity index (χ0v) is 18.8. The van der Waals surface area contributed by atoms with Crippen molar-refractivity contribution >= 4 is 29.0 Å². The van der Waals surface area contributed by atoms with E-state index in [2.05, 4.69) is 21.2 Å². The van der Waals surface area contributed by atoms with E-state index in [-0.39, 0.29) is 22.9 Å². The van der Waals surface area contributed by atoms with Gasteiger partial charge in [-0.2, -0.15) is 4.37 Å². The highest BCUT2D eigenvalue weighted by Crippen LogP contribution is 2.46. The fraction of sp³-hybridized carbons (Fsp3) is 0.458. The molecule has 6 nitrogen and oxygen atoms in total. The number of aromatic nitrogens is 2. The van der Waals surface area contributed by atoms with Crippen LogP contribution in [0.2, 0.25) is 0 Å². The van der Waals surface area contributed by atoms with Gasteiger partial charge in [0, 0.05) is 31.5 Å². The van der Waals surface area contributed by atoms with Gasteiger partial charge in [-0.05, 0) is 79.4 Å². The molecule has 2 heterocycles. The lowest BCUT2D eigenvalue weighted by atomic mass is 9.62. The van der Waals surface area contributed by atoms with E-state index in [0.717, 1.165) is 33.8 Å². The predicted octanol–water partition coefficient (Wildman–Crippen LogP) is 3.46. The minimum absolute atomic E-state index is 0.000626. The van der Waals surface area contributed by atoms with Crippen LogP contribution in [0.3, 0.4) is 0 Å². The molecule has 0 atom stereocenters. The number of rotatable bonds is 2. The molecular formula is C24H25N3O3S. The summed E-state index contributed by atoms with van der Waals surface area (Å²) in [5, 5.41) is 0.383. The Morgan fingerprint density at radius 3 is 2.26 bits per heavy atom. The van der Waals surface area contributed by atoms with Gasteiger partial charge < -0.3 is 4.90 Å². The van der Waals surface area contributed by atoms with Crippen LogP contribution < -0.4 is 0 Å². The van der Waals surface area contributed by atoms with Crippen LogP contribution in [0.4, 0.5) is 0 Å². The van der Waals surface area contributed by atoms with Gasteiger partial charge in [0.2, 0.25) is 5.01 Å². The molecule has 0 unspecified atom stereocenters. The second-order valence-electron chi connectivity index (χ2n) is 8.66. The van der Waals surface area contributed by atoms with Gasteiger partial charge in [0.05, 0.1) is 0 Å². The van der Waals surface area contributed by atoms with Crippen LogP contribution in [0.5, 0.6) is 0 Å². The van der Waals surface area contributed by atoms with E-state index in [1.54, 1.807) is 11.8 Å². The molecule has 160 valence electrons. The smallest absolute Gasteiger partial charge is 0.284 e. The third-order valence-electron chi connectivity index (χ3n) is 6.55. The summed E-state index contributed by atoms with van der Waals surface area (Å²) >= 11 is 1.09. The third-order valence-corrected chi connectivity index (χ3v) is 7.20. The highest BCUT2D eigenvalue weighted by atomic mass is 32.1. The standard InChI is InChI=1S/C24H25N3O3S/c1-4-5-17-10-15(2)20(16(3)11-17)21-18(28)12-24(13-19(21)29)6-8-27(9-7-24)23(30)22-25-14-26-31-22/h10-11,14,21H,6-9,12-13H2,1-3H3. The second-order valence-corrected chi connectivity index (χ2v) is 9.44. The first-order valence-electron chi connectivity index (χ1n) is 10.5. The Hall–Kier alpha value is -2.85. The Bertz CT molecular complexity index is 1060. The molecule has 1 amide bonds. The third kappa shape index (κ3) is 4.05. The number of likely N-dealkylation sites (tertiary alicyclic amines) is 1. The van der Waals surface area contributed by atoms with Crippen molar-refractivity contribution in [2.75, 3.05) is 13.1 Å². The van der Waals surface area contributed by atoms with Crippen molar-refractivity contribution in [1.29, 1.82) is 0 Å². The van der Waals surface area contributed by atoms with Gasteiger partial charge in [0.25, 0.3) is 5.91 Å². The number of piperidine rings is 1. The first kappa shape index (κ1) is 21.4. The van der Waals surface area contributed by atoms with Gasteiger partial charge in [-0.15, -0.1) is 5.92 Å². The number of hydrogen-bond donors (Lipinski definition) is 0. The van der Waals surface area contributed by atoms with Crippen molar-refractivity contribution in [2.45, 2.75) is 52.4 Å². The van der Waals surface area contributed by atoms with Crippen LogP contribution in [-0.2, 0) is 9.59 Å². The molecule has 4 rings (SSSR count). The topological polar surface area (TPSA) is 80.2 Å². The molecule has 1 aromatic heterocycles. The number of aryl methyl sites for hydroxylation is 2. The lowest BCUT2D eigenvalue weighted by molar-refractivity contribution is -0.138. The number of amides is 1. The van der Waals surface area contributed by atoms with Crippen LogP contribution >= 0.6 is 11.5 Å². The summed E-state index contributed by atoms with van der Waals surface area (Å²) in [4.78, 5) is 44.8. The van der Waals surface area contributed by atoms with E-state index in [1.165, 1.54) is 6.33 Å². The molecule has 2 aromatic rings. The Labute approximate surface area is 186 Å². The highest BCUT2D eigenvalue weighted by molar-refractivity contribution is 7.07. The maximum atomic E-state index is 13.2. The summed E-state index contributed by atoms with van der Waals surface area (Å²) in [6, 6.07) is 3.92. The van der Waals surface area contributed by atoms with Gasteiger partial charge in [-0.1, -0.05) is 5.92 Å². The van der Waals surface area contributed by atoms with Crippen molar-refractivity contribution in [3.63, 3.8) is 0 Å². The molecule has 1 spiro atoms. The fourth-order valence-electron chi connectivity index (χ4n) is 5.09. The molecule has 1 aromatic carbocycles. The fourth-order valence-corrected chi connectivity index (χ4v) is 5.59. The van der Waals surface area contributed by atoms with Gasteiger partial charge in [-0.25, -0.2) is 4.98 Å². The number of Topliss-reactive ketones (excluding diaryl/α,β-unsaturated/α-hetero) is 2. The Morgan fingerprint density at radius 1 is 1.13 bits per heavy atom. The van der Waals surface area contributed by atoms with E-state index in [0.29, 0.717) is 43.8 Å². The van der Waals surface area contributed by atoms with Crippen molar-refractivity contribution in [3.8, 4) is 11.8 Å². The Kier molecular flexibility index (Phi) is 5.76. The summed E-state index contributed by atoms with van der Waals surface area (Å²) in [5.74, 6) is 5.14. The second kappa shape index (κ2) is 8.35. The summed E-state index contributed by atoms with van der Waals surface area (Å²) in [6.45, 7) is 6.76. The minimum atomic E-state index is -0.685. The van der Waals surface area contributed by atoms with E-state index in [1.807, 2.05) is 26.0 Å². The molecule has 1 saturated heterocycles. The van der Waals surface area contributed by atoms with Crippen molar-refractivity contribution in [2.24, 2.45) is 5.41 Å². The largest absolute Gasteiger partial charge is 0.337 e. The van der Waals surface area contributed by atoms with Gasteiger partial charge >= 0.3 is 0 Å². The molecular weight excluding hydrogens is 410 g/mol. The lowest BCUT2D eigenvalue weighted by Crippen LogP contribution is -2.48. The number of benzene rings is 1. The number of ketones is 2. The molecule has 2 aliphatic rings. The molecule has 1 aliphatic carbocycles. The summed E-state index contributed by atoms with van der Waals surface area (Å²) in [5.41, 5.74) is 3.30. The van der Waals surface area contributed by atoms with Crippen molar-refractivity contribution in [1.82, 2.24) is 14.3 Å². The first-order chi connectivity index (χ1) is 14.8. The number of hydrogen-bond acceptors (Lipinski definition) is 6. The Balaban J connectivity index is 1.50. The number of nitrogens with zero attached hydrogens (tertiary/aromatic N) is 3. The van der Waals surface area contributed by atoms with E-state index >= 15 is 0 Å². The average Bonchev–Trinajstić information content (AvgIpc) is 3.25. The molecule has 0 radical (unpaired) electrons.